The molecule has 0 aromatic heterocycles. The Morgan fingerprint density at radius 1 is 1.16 bits per heavy atom. The average Bonchev–Trinajstić information content (AvgIpc) is 2.39. The molecule has 0 saturated carbocycles. The largest absolute Gasteiger partial charge is 0.498 e. The zero-order chi connectivity index (χ0) is 14.3. The van der Waals surface area contributed by atoms with E-state index in [-0.39, 0.29) is 11.6 Å². The maximum absolute atomic E-state index is 10.9. The molecule has 0 saturated heterocycles. The van der Waals surface area contributed by atoms with Gasteiger partial charge in [0.05, 0.1) is 6.26 Å². The van der Waals surface area contributed by atoms with Crippen LogP contribution in [0.25, 0.3) is 0 Å². The van der Waals surface area contributed by atoms with Gasteiger partial charge in [-0.05, 0) is 18.9 Å². The smallest absolute Gasteiger partial charge is 0.349 e. The van der Waals surface area contributed by atoms with Crippen molar-refractivity contribution in [3.63, 3.8) is 0 Å². The Morgan fingerprint density at radius 3 is 2.53 bits per heavy atom. The van der Waals surface area contributed by atoms with Gasteiger partial charge in [-0.1, -0.05) is 57.2 Å². The minimum atomic E-state index is -0.596. The summed E-state index contributed by atoms with van der Waals surface area (Å²) < 4.78 is 9.94. The maximum Gasteiger partial charge on any atom is 0.349 e. The van der Waals surface area contributed by atoms with Gasteiger partial charge >= 0.3 is 5.97 Å². The van der Waals surface area contributed by atoms with E-state index >= 15 is 0 Å². The molecule has 0 unspecified atom stereocenters. The van der Waals surface area contributed by atoms with E-state index in [1.807, 2.05) is 6.08 Å². The topological polar surface area (TPSA) is 35.5 Å². The first kappa shape index (κ1) is 18.0. The zero-order valence-electron chi connectivity index (χ0n) is 11.8. The number of halogens is 1. The van der Waals surface area contributed by atoms with Gasteiger partial charge in [-0.25, -0.2) is 4.79 Å². The molecule has 0 fully saturated rings. The molecular formula is C15H25ClO3. The van der Waals surface area contributed by atoms with E-state index in [0.29, 0.717) is 6.61 Å². The number of carbonyl (C=O) groups is 1. The second kappa shape index (κ2) is 13.5. The molecule has 0 aliphatic heterocycles. The van der Waals surface area contributed by atoms with Crippen molar-refractivity contribution in [1.82, 2.24) is 0 Å². The Labute approximate surface area is 121 Å². The number of rotatable bonds is 12. The lowest BCUT2D eigenvalue weighted by Crippen LogP contribution is -2.08. The number of esters is 1. The van der Waals surface area contributed by atoms with Crippen LogP contribution in [-0.4, -0.2) is 19.2 Å². The number of carbonyl (C=O) groups excluding carboxylic acids is 1. The normalized spacial score (nSPS) is 10.6. The highest BCUT2D eigenvalue weighted by Crippen LogP contribution is 2.07. The molecule has 0 heterocycles. The van der Waals surface area contributed by atoms with E-state index in [4.69, 9.17) is 21.1 Å². The number of hydrogen-bond acceptors (Lipinski definition) is 3. The Bertz CT molecular complexity index is 275. The lowest BCUT2D eigenvalue weighted by Gasteiger charge is -2.02. The van der Waals surface area contributed by atoms with Crippen LogP contribution >= 0.6 is 11.6 Å². The summed E-state index contributed by atoms with van der Waals surface area (Å²) in [5, 5.41) is -0.112. The molecule has 3 nitrogen and oxygen atoms in total. The Morgan fingerprint density at radius 2 is 1.84 bits per heavy atom. The van der Waals surface area contributed by atoms with Crippen LogP contribution < -0.4 is 0 Å². The van der Waals surface area contributed by atoms with Crippen molar-refractivity contribution in [2.75, 3.05) is 13.2 Å². The van der Waals surface area contributed by atoms with Crippen molar-refractivity contribution in [3.05, 3.63) is 23.9 Å². The third-order valence-corrected chi connectivity index (χ3v) is 2.73. The molecule has 19 heavy (non-hydrogen) atoms. The first-order chi connectivity index (χ1) is 9.18. The SMILES string of the molecule is C=C(Cl)C(=O)OCCOC=CCCCCCCCC. The summed E-state index contributed by atoms with van der Waals surface area (Å²) in [7, 11) is 0. The summed E-state index contributed by atoms with van der Waals surface area (Å²) in [6.45, 7) is 6.01. The molecule has 0 bridgehead atoms. The van der Waals surface area contributed by atoms with Crippen LogP contribution in [-0.2, 0) is 14.3 Å². The van der Waals surface area contributed by atoms with Crippen molar-refractivity contribution in [3.8, 4) is 0 Å². The number of ether oxygens (including phenoxy) is 2. The fourth-order valence-electron chi connectivity index (χ4n) is 1.51. The highest BCUT2D eigenvalue weighted by molar-refractivity contribution is 6.40. The van der Waals surface area contributed by atoms with Gasteiger partial charge in [0.1, 0.15) is 18.2 Å². The number of unbranched alkanes of at least 4 members (excludes halogenated alkanes) is 6. The van der Waals surface area contributed by atoms with E-state index in [1.165, 1.54) is 38.5 Å². The molecular weight excluding hydrogens is 264 g/mol. The molecule has 0 rings (SSSR count). The van der Waals surface area contributed by atoms with Gasteiger partial charge in [-0.15, -0.1) is 0 Å². The number of allylic oxidation sites excluding steroid dienone is 1. The van der Waals surface area contributed by atoms with Gasteiger partial charge < -0.3 is 9.47 Å². The molecule has 0 aliphatic rings. The Hall–Kier alpha value is -0.960. The van der Waals surface area contributed by atoms with Gasteiger partial charge in [0.25, 0.3) is 0 Å². The van der Waals surface area contributed by atoms with Crippen molar-refractivity contribution < 1.29 is 14.3 Å². The average molecular weight is 289 g/mol. The second-order valence-corrected chi connectivity index (χ2v) is 4.80. The molecule has 0 N–H and O–H groups in total. The maximum atomic E-state index is 10.9. The molecule has 0 radical (unpaired) electrons. The van der Waals surface area contributed by atoms with Gasteiger partial charge in [0, 0.05) is 0 Å². The molecule has 0 aromatic rings. The Balaban J connectivity index is 3.22. The lowest BCUT2D eigenvalue weighted by molar-refractivity contribution is -0.139. The van der Waals surface area contributed by atoms with Crippen molar-refractivity contribution >= 4 is 17.6 Å². The van der Waals surface area contributed by atoms with Crippen molar-refractivity contribution in [2.24, 2.45) is 0 Å². The molecule has 0 aromatic carbocycles. The highest BCUT2D eigenvalue weighted by Gasteiger charge is 2.03. The predicted molar refractivity (Wildman–Crippen MR) is 79.0 cm³/mol. The quantitative estimate of drug-likeness (QED) is 0.228. The molecule has 0 atom stereocenters. The number of hydrogen-bond donors (Lipinski definition) is 0. The fraction of sp³-hybridized carbons (Fsp3) is 0.667. The second-order valence-electron chi connectivity index (χ2n) is 4.34. The molecule has 0 amide bonds. The molecule has 0 spiro atoms. The predicted octanol–water partition coefficient (Wildman–Crippen LogP) is 4.56. The van der Waals surface area contributed by atoms with Gasteiger partial charge in [-0.2, -0.15) is 0 Å². The van der Waals surface area contributed by atoms with Crippen LogP contribution in [0.1, 0.15) is 51.9 Å². The van der Waals surface area contributed by atoms with E-state index in [0.717, 1.165) is 6.42 Å². The van der Waals surface area contributed by atoms with Gasteiger partial charge in [0.2, 0.25) is 0 Å². The van der Waals surface area contributed by atoms with Crippen LogP contribution in [0.15, 0.2) is 23.9 Å². The standard InChI is InChI=1S/C15H25ClO3/c1-3-4-5-6-7-8-9-10-11-18-12-13-19-15(17)14(2)16/h10-11H,2-9,12-13H2,1H3. The third kappa shape index (κ3) is 13.3. The van der Waals surface area contributed by atoms with Crippen LogP contribution in [0.4, 0.5) is 0 Å². The summed E-state index contributed by atoms with van der Waals surface area (Å²) in [5.74, 6) is -0.596. The van der Waals surface area contributed by atoms with Crippen LogP contribution in [0, 0.1) is 0 Å². The summed E-state index contributed by atoms with van der Waals surface area (Å²) in [6, 6.07) is 0. The molecule has 4 heteroatoms. The molecule has 0 aliphatic carbocycles. The van der Waals surface area contributed by atoms with Crippen molar-refractivity contribution in [1.29, 1.82) is 0 Å². The summed E-state index contributed by atoms with van der Waals surface area (Å²) in [6.07, 6.45) is 12.5. The highest BCUT2D eigenvalue weighted by atomic mass is 35.5. The van der Waals surface area contributed by atoms with Crippen LogP contribution in [0.5, 0.6) is 0 Å². The van der Waals surface area contributed by atoms with Gasteiger partial charge in [0.15, 0.2) is 0 Å². The zero-order valence-corrected chi connectivity index (χ0v) is 12.6. The summed E-state index contributed by atoms with van der Waals surface area (Å²) >= 11 is 5.35. The van der Waals surface area contributed by atoms with Crippen LogP contribution in [0.3, 0.4) is 0 Å². The third-order valence-electron chi connectivity index (χ3n) is 2.57. The van der Waals surface area contributed by atoms with E-state index in [9.17, 15) is 4.79 Å². The monoisotopic (exact) mass is 288 g/mol. The minimum Gasteiger partial charge on any atom is -0.498 e. The van der Waals surface area contributed by atoms with E-state index in [1.54, 1.807) is 6.26 Å². The first-order valence-electron chi connectivity index (χ1n) is 6.96. The lowest BCUT2D eigenvalue weighted by atomic mass is 10.1. The first-order valence-corrected chi connectivity index (χ1v) is 7.34. The Kier molecular flexibility index (Phi) is 12.8. The van der Waals surface area contributed by atoms with Crippen molar-refractivity contribution in [2.45, 2.75) is 51.9 Å². The van der Waals surface area contributed by atoms with E-state index in [2.05, 4.69) is 13.5 Å². The van der Waals surface area contributed by atoms with Gasteiger partial charge in [-0.3, -0.25) is 0 Å². The van der Waals surface area contributed by atoms with Crippen LogP contribution in [0.2, 0.25) is 0 Å². The minimum absolute atomic E-state index is 0.112. The fourth-order valence-corrected chi connectivity index (χ4v) is 1.56. The summed E-state index contributed by atoms with van der Waals surface area (Å²) in [4.78, 5) is 10.9. The summed E-state index contributed by atoms with van der Waals surface area (Å²) in [5.41, 5.74) is 0. The van der Waals surface area contributed by atoms with E-state index < -0.39 is 5.97 Å². The molecule has 110 valence electrons.